The van der Waals surface area contributed by atoms with E-state index < -0.39 is 0 Å². The maximum atomic E-state index is 13.0. The summed E-state index contributed by atoms with van der Waals surface area (Å²) >= 11 is 0. The fourth-order valence-electron chi connectivity index (χ4n) is 2.60. The molecule has 0 aromatic carbocycles. The first kappa shape index (κ1) is 16.3. The molecule has 2 rings (SSSR count). The minimum Gasteiger partial charge on any atom is -0.380 e. The maximum Gasteiger partial charge on any atom is 0.141 e. The summed E-state index contributed by atoms with van der Waals surface area (Å²) in [6.45, 7) is 7.90. The number of nitrogens with one attached hydrogen (secondary N) is 1. The number of ether oxygens (including phenoxy) is 1. The molecule has 0 spiro atoms. The smallest absolute Gasteiger partial charge is 0.141 e. The Kier molecular flexibility index (Phi) is 7.06. The monoisotopic (exact) mass is 295 g/mol. The van der Waals surface area contributed by atoms with Crippen molar-refractivity contribution in [1.82, 2.24) is 15.2 Å². The summed E-state index contributed by atoms with van der Waals surface area (Å²) in [5.74, 6) is -0.280. The molecule has 1 saturated heterocycles. The summed E-state index contributed by atoms with van der Waals surface area (Å²) in [5, 5.41) is 3.52. The van der Waals surface area contributed by atoms with Gasteiger partial charge in [0.25, 0.3) is 0 Å². The van der Waals surface area contributed by atoms with Crippen molar-refractivity contribution in [3.05, 3.63) is 29.8 Å². The van der Waals surface area contributed by atoms with E-state index in [0.29, 0.717) is 0 Å². The molecule has 1 fully saturated rings. The second kappa shape index (κ2) is 9.07. The number of pyridine rings is 1. The molecule has 1 aliphatic heterocycles. The van der Waals surface area contributed by atoms with Gasteiger partial charge in [0, 0.05) is 26.2 Å². The van der Waals surface area contributed by atoms with Crippen LogP contribution >= 0.6 is 0 Å². The minimum absolute atomic E-state index is 0.190. The van der Waals surface area contributed by atoms with E-state index in [9.17, 15) is 4.39 Å². The Bertz CT molecular complexity index is 391. The first-order chi connectivity index (χ1) is 10.3. The van der Waals surface area contributed by atoms with Crippen molar-refractivity contribution in [3.63, 3.8) is 0 Å². The van der Waals surface area contributed by atoms with E-state index in [1.807, 2.05) is 0 Å². The number of hydrogen-bond acceptors (Lipinski definition) is 4. The van der Waals surface area contributed by atoms with Gasteiger partial charge in [-0.05, 0) is 37.9 Å². The van der Waals surface area contributed by atoms with Crippen molar-refractivity contribution in [1.29, 1.82) is 0 Å². The number of nitrogens with zero attached hydrogens (tertiary/aromatic N) is 2. The normalized spacial score (nSPS) is 18.4. The highest BCUT2D eigenvalue weighted by Gasteiger charge is 2.15. The van der Waals surface area contributed by atoms with Gasteiger partial charge in [-0.2, -0.15) is 0 Å². The Labute approximate surface area is 126 Å². The van der Waals surface area contributed by atoms with Crippen molar-refractivity contribution < 1.29 is 9.13 Å². The van der Waals surface area contributed by atoms with Crippen molar-refractivity contribution in [2.24, 2.45) is 0 Å². The van der Waals surface area contributed by atoms with Crippen LogP contribution in [-0.4, -0.2) is 49.3 Å². The highest BCUT2D eigenvalue weighted by molar-refractivity contribution is 5.10. The molecule has 0 radical (unpaired) electrons. The largest absolute Gasteiger partial charge is 0.380 e. The molecule has 1 atom stereocenters. The summed E-state index contributed by atoms with van der Waals surface area (Å²) in [7, 11) is 0. The van der Waals surface area contributed by atoms with Crippen LogP contribution in [0.1, 0.15) is 37.9 Å². The first-order valence-corrected chi connectivity index (χ1v) is 7.94. The molecule has 1 N–H and O–H groups in total. The molecule has 0 bridgehead atoms. The Balaban J connectivity index is 1.90. The molecule has 0 amide bonds. The average Bonchev–Trinajstić information content (AvgIpc) is 2.77. The van der Waals surface area contributed by atoms with Crippen LogP contribution in [0.2, 0.25) is 0 Å². The molecule has 2 heterocycles. The third-order valence-corrected chi connectivity index (χ3v) is 3.80. The molecular weight excluding hydrogens is 269 g/mol. The second-order valence-electron chi connectivity index (χ2n) is 5.50. The van der Waals surface area contributed by atoms with Crippen LogP contribution < -0.4 is 5.32 Å². The lowest BCUT2D eigenvalue weighted by molar-refractivity contribution is 0.140. The van der Waals surface area contributed by atoms with Crippen molar-refractivity contribution in [2.75, 3.05) is 39.4 Å². The van der Waals surface area contributed by atoms with E-state index in [4.69, 9.17) is 4.74 Å². The quantitative estimate of drug-likeness (QED) is 0.838. The van der Waals surface area contributed by atoms with Gasteiger partial charge >= 0.3 is 0 Å². The van der Waals surface area contributed by atoms with Crippen molar-refractivity contribution in [2.45, 2.75) is 32.2 Å². The number of rotatable bonds is 7. The van der Waals surface area contributed by atoms with Gasteiger partial charge < -0.3 is 15.0 Å². The summed E-state index contributed by atoms with van der Waals surface area (Å²) in [6, 6.07) is 3.46. The van der Waals surface area contributed by atoms with Crippen molar-refractivity contribution >= 4 is 0 Å². The molecule has 0 aliphatic carbocycles. The Morgan fingerprint density at radius 2 is 2.29 bits per heavy atom. The lowest BCUT2D eigenvalue weighted by atomic mass is 10.1. The molecule has 1 aromatic heterocycles. The van der Waals surface area contributed by atoms with Crippen LogP contribution in [0.5, 0.6) is 0 Å². The standard InChI is InChI=1S/C16H26FN3O/c1-2-7-18-16(15-5-4-14(17)13-19-15)6-9-20-8-3-11-21-12-10-20/h4-5,13,16,18H,2-3,6-12H2,1H3. The zero-order valence-corrected chi connectivity index (χ0v) is 12.9. The topological polar surface area (TPSA) is 37.4 Å². The zero-order chi connectivity index (χ0) is 14.9. The third kappa shape index (κ3) is 5.69. The number of aromatic nitrogens is 1. The average molecular weight is 295 g/mol. The molecule has 5 heteroatoms. The predicted octanol–water partition coefficient (Wildman–Crippen LogP) is 2.37. The SMILES string of the molecule is CCCNC(CCN1CCCOCC1)c1ccc(F)cn1. The summed E-state index contributed by atoms with van der Waals surface area (Å²) in [5.41, 5.74) is 0.927. The van der Waals surface area contributed by atoms with Gasteiger partial charge in [-0.3, -0.25) is 4.98 Å². The fourth-order valence-corrected chi connectivity index (χ4v) is 2.60. The van der Waals surface area contributed by atoms with Crippen LogP contribution in [0.3, 0.4) is 0 Å². The van der Waals surface area contributed by atoms with Crippen molar-refractivity contribution in [3.8, 4) is 0 Å². The fraction of sp³-hybridized carbons (Fsp3) is 0.688. The highest BCUT2D eigenvalue weighted by atomic mass is 19.1. The summed E-state index contributed by atoms with van der Waals surface area (Å²) in [6.07, 6.45) is 4.46. The van der Waals surface area contributed by atoms with E-state index in [1.54, 1.807) is 6.07 Å². The van der Waals surface area contributed by atoms with Gasteiger partial charge in [0.2, 0.25) is 0 Å². The molecule has 21 heavy (non-hydrogen) atoms. The molecule has 1 aromatic rings. The van der Waals surface area contributed by atoms with E-state index >= 15 is 0 Å². The summed E-state index contributed by atoms with van der Waals surface area (Å²) in [4.78, 5) is 6.67. The van der Waals surface area contributed by atoms with E-state index in [-0.39, 0.29) is 11.9 Å². The second-order valence-corrected chi connectivity index (χ2v) is 5.50. The van der Waals surface area contributed by atoms with Gasteiger partial charge in [-0.15, -0.1) is 0 Å². The van der Waals surface area contributed by atoms with Gasteiger partial charge in [-0.1, -0.05) is 6.92 Å². The Hall–Kier alpha value is -1.04. The highest BCUT2D eigenvalue weighted by Crippen LogP contribution is 2.16. The van der Waals surface area contributed by atoms with Crippen LogP contribution in [0, 0.1) is 5.82 Å². The summed E-state index contributed by atoms with van der Waals surface area (Å²) < 4.78 is 18.5. The molecule has 1 unspecified atom stereocenters. The maximum absolute atomic E-state index is 13.0. The Morgan fingerprint density at radius 1 is 1.38 bits per heavy atom. The van der Waals surface area contributed by atoms with Crippen LogP contribution in [0.4, 0.5) is 4.39 Å². The van der Waals surface area contributed by atoms with Gasteiger partial charge in [0.1, 0.15) is 5.82 Å². The molecular formula is C16H26FN3O. The lowest BCUT2D eigenvalue weighted by Crippen LogP contribution is -2.32. The lowest BCUT2D eigenvalue weighted by Gasteiger charge is -2.23. The minimum atomic E-state index is -0.280. The van der Waals surface area contributed by atoms with E-state index in [2.05, 4.69) is 22.1 Å². The Morgan fingerprint density at radius 3 is 3.05 bits per heavy atom. The predicted molar refractivity (Wildman–Crippen MR) is 81.7 cm³/mol. The van der Waals surface area contributed by atoms with Gasteiger partial charge in [0.15, 0.2) is 0 Å². The number of halogens is 1. The van der Waals surface area contributed by atoms with Gasteiger partial charge in [-0.25, -0.2) is 4.39 Å². The third-order valence-electron chi connectivity index (χ3n) is 3.80. The van der Waals surface area contributed by atoms with Gasteiger partial charge in [0.05, 0.1) is 24.5 Å². The van der Waals surface area contributed by atoms with E-state index in [1.165, 1.54) is 12.3 Å². The molecule has 4 nitrogen and oxygen atoms in total. The van der Waals surface area contributed by atoms with Crippen LogP contribution in [0.15, 0.2) is 18.3 Å². The van der Waals surface area contributed by atoms with Crippen LogP contribution in [-0.2, 0) is 4.74 Å². The number of hydrogen-bond donors (Lipinski definition) is 1. The molecule has 0 saturated carbocycles. The van der Waals surface area contributed by atoms with E-state index in [0.717, 1.165) is 64.3 Å². The van der Waals surface area contributed by atoms with Crippen LogP contribution in [0.25, 0.3) is 0 Å². The molecule has 1 aliphatic rings. The first-order valence-electron chi connectivity index (χ1n) is 7.94. The molecule has 118 valence electrons. The zero-order valence-electron chi connectivity index (χ0n) is 12.9.